The highest BCUT2D eigenvalue weighted by Crippen LogP contribution is 1.90. The number of carbonyl (C=O) groups is 2. The molecular weight excluding hydrogens is 218 g/mol. The zero-order valence-electron chi connectivity index (χ0n) is 11.1. The number of carbonyl (C=O) groups excluding carboxylic acids is 2. The Labute approximate surface area is 104 Å². The molecule has 5 heteroatoms. The lowest BCUT2D eigenvalue weighted by Crippen LogP contribution is -2.34. The van der Waals surface area contributed by atoms with Crippen molar-refractivity contribution in [2.45, 2.75) is 45.6 Å². The quantitative estimate of drug-likeness (QED) is 0.514. The van der Waals surface area contributed by atoms with Gasteiger partial charge in [-0.25, -0.2) is 0 Å². The van der Waals surface area contributed by atoms with E-state index < -0.39 is 0 Å². The van der Waals surface area contributed by atoms with E-state index in [2.05, 4.69) is 16.0 Å². The molecule has 3 N–H and O–H groups in total. The van der Waals surface area contributed by atoms with E-state index >= 15 is 0 Å². The van der Waals surface area contributed by atoms with Crippen LogP contribution in [-0.2, 0) is 9.59 Å². The fraction of sp³-hybridized carbons (Fsp3) is 0.833. The van der Waals surface area contributed by atoms with Crippen LogP contribution < -0.4 is 16.0 Å². The van der Waals surface area contributed by atoms with Gasteiger partial charge in [-0.05, 0) is 26.3 Å². The predicted molar refractivity (Wildman–Crippen MR) is 68.7 cm³/mol. The van der Waals surface area contributed by atoms with E-state index in [1.165, 1.54) is 0 Å². The minimum atomic E-state index is 0.0568. The van der Waals surface area contributed by atoms with Gasteiger partial charge in [-0.2, -0.15) is 0 Å². The lowest BCUT2D eigenvalue weighted by molar-refractivity contribution is -0.122. The zero-order valence-corrected chi connectivity index (χ0v) is 11.1. The van der Waals surface area contributed by atoms with Gasteiger partial charge in [0.1, 0.15) is 0 Å². The largest absolute Gasteiger partial charge is 0.359 e. The molecule has 0 aliphatic carbocycles. The smallest absolute Gasteiger partial charge is 0.221 e. The van der Waals surface area contributed by atoms with Crippen LogP contribution >= 0.6 is 0 Å². The molecule has 1 unspecified atom stereocenters. The second kappa shape index (κ2) is 10.1. The van der Waals surface area contributed by atoms with E-state index in [1.807, 2.05) is 13.8 Å². The predicted octanol–water partition coefficient (Wildman–Crippen LogP) is 0.407. The first kappa shape index (κ1) is 15.9. The molecule has 0 saturated heterocycles. The molecule has 0 bridgehead atoms. The summed E-state index contributed by atoms with van der Waals surface area (Å²) in [4.78, 5) is 22.3. The third-order valence-electron chi connectivity index (χ3n) is 2.58. The molecule has 0 fully saturated rings. The van der Waals surface area contributed by atoms with E-state index in [0.717, 1.165) is 19.4 Å². The molecule has 0 spiro atoms. The van der Waals surface area contributed by atoms with Crippen molar-refractivity contribution in [1.29, 1.82) is 0 Å². The van der Waals surface area contributed by atoms with E-state index in [9.17, 15) is 9.59 Å². The molecule has 5 nitrogen and oxygen atoms in total. The van der Waals surface area contributed by atoms with Crippen LogP contribution in [-0.4, -0.2) is 38.0 Å². The molecule has 100 valence electrons. The zero-order chi connectivity index (χ0) is 13.1. The van der Waals surface area contributed by atoms with E-state index in [0.29, 0.717) is 19.4 Å². The Morgan fingerprint density at radius 1 is 1.12 bits per heavy atom. The second-order valence-corrected chi connectivity index (χ2v) is 4.15. The molecule has 0 aliphatic heterocycles. The van der Waals surface area contributed by atoms with Crippen molar-refractivity contribution in [3.63, 3.8) is 0 Å². The molecule has 0 aromatic heterocycles. The first-order valence-corrected chi connectivity index (χ1v) is 6.30. The van der Waals surface area contributed by atoms with Crippen molar-refractivity contribution >= 4 is 11.8 Å². The molecule has 0 aromatic rings. The standard InChI is InChI=1S/C12H25N3O2/c1-4-10(2)15-12(17)7-9-14-8-5-6-11(16)13-3/h10,14H,4-9H2,1-3H3,(H,13,16)(H,15,17). The van der Waals surface area contributed by atoms with Gasteiger partial charge < -0.3 is 16.0 Å². The number of nitrogens with one attached hydrogen (secondary N) is 3. The van der Waals surface area contributed by atoms with Gasteiger partial charge in [-0.3, -0.25) is 9.59 Å². The molecule has 0 rings (SSSR count). The van der Waals surface area contributed by atoms with Crippen LogP contribution in [0, 0.1) is 0 Å². The van der Waals surface area contributed by atoms with Gasteiger partial charge in [0.15, 0.2) is 0 Å². The normalized spacial score (nSPS) is 11.9. The first-order chi connectivity index (χ1) is 8.10. The Hall–Kier alpha value is -1.10. The monoisotopic (exact) mass is 243 g/mol. The number of hydrogen-bond acceptors (Lipinski definition) is 3. The van der Waals surface area contributed by atoms with Crippen molar-refractivity contribution in [3.05, 3.63) is 0 Å². The third-order valence-corrected chi connectivity index (χ3v) is 2.58. The summed E-state index contributed by atoms with van der Waals surface area (Å²) in [6.07, 6.45) is 2.77. The molecule has 0 aromatic carbocycles. The van der Waals surface area contributed by atoms with Crippen molar-refractivity contribution in [3.8, 4) is 0 Å². The van der Waals surface area contributed by atoms with Gasteiger partial charge in [0.2, 0.25) is 11.8 Å². The average Bonchev–Trinajstić information content (AvgIpc) is 2.32. The molecule has 2 amide bonds. The molecule has 17 heavy (non-hydrogen) atoms. The van der Waals surface area contributed by atoms with Gasteiger partial charge in [0, 0.05) is 32.5 Å². The Morgan fingerprint density at radius 2 is 1.82 bits per heavy atom. The van der Waals surface area contributed by atoms with Gasteiger partial charge in [0.05, 0.1) is 0 Å². The summed E-state index contributed by atoms with van der Waals surface area (Å²) < 4.78 is 0. The summed E-state index contributed by atoms with van der Waals surface area (Å²) in [5.74, 6) is 0.138. The average molecular weight is 243 g/mol. The van der Waals surface area contributed by atoms with Crippen molar-refractivity contribution in [2.24, 2.45) is 0 Å². The summed E-state index contributed by atoms with van der Waals surface area (Å²) in [7, 11) is 1.63. The van der Waals surface area contributed by atoms with Crippen LogP contribution in [0.25, 0.3) is 0 Å². The Balaban J connectivity index is 3.33. The highest BCUT2D eigenvalue weighted by molar-refractivity contribution is 5.76. The topological polar surface area (TPSA) is 70.2 Å². The minimum absolute atomic E-state index is 0.0568. The molecule has 0 aliphatic rings. The van der Waals surface area contributed by atoms with E-state index in [1.54, 1.807) is 7.05 Å². The second-order valence-electron chi connectivity index (χ2n) is 4.15. The van der Waals surface area contributed by atoms with Crippen LogP contribution in [0.5, 0.6) is 0 Å². The summed E-state index contributed by atoms with van der Waals surface area (Å²) >= 11 is 0. The molecule has 0 heterocycles. The van der Waals surface area contributed by atoms with E-state index in [-0.39, 0.29) is 17.9 Å². The fourth-order valence-corrected chi connectivity index (χ4v) is 1.27. The Kier molecular flexibility index (Phi) is 9.43. The van der Waals surface area contributed by atoms with Crippen molar-refractivity contribution in [2.75, 3.05) is 20.1 Å². The van der Waals surface area contributed by atoms with Crippen LogP contribution in [0.1, 0.15) is 39.5 Å². The molecule has 0 saturated carbocycles. The highest BCUT2D eigenvalue weighted by atomic mass is 16.2. The van der Waals surface area contributed by atoms with Crippen LogP contribution in [0.3, 0.4) is 0 Å². The third kappa shape index (κ3) is 9.81. The van der Waals surface area contributed by atoms with Gasteiger partial charge in [-0.1, -0.05) is 6.92 Å². The number of amides is 2. The van der Waals surface area contributed by atoms with Crippen molar-refractivity contribution in [1.82, 2.24) is 16.0 Å². The SMILES string of the molecule is CCC(C)NC(=O)CCNCCCC(=O)NC. The van der Waals surface area contributed by atoms with Crippen LogP contribution in [0.2, 0.25) is 0 Å². The fourth-order valence-electron chi connectivity index (χ4n) is 1.27. The van der Waals surface area contributed by atoms with Gasteiger partial charge >= 0.3 is 0 Å². The van der Waals surface area contributed by atoms with Gasteiger partial charge in [0.25, 0.3) is 0 Å². The maximum absolute atomic E-state index is 11.4. The number of hydrogen-bond donors (Lipinski definition) is 3. The molecular formula is C12H25N3O2. The van der Waals surface area contributed by atoms with Crippen molar-refractivity contribution < 1.29 is 9.59 Å². The van der Waals surface area contributed by atoms with Crippen LogP contribution in [0.15, 0.2) is 0 Å². The number of rotatable bonds is 9. The summed E-state index contributed by atoms with van der Waals surface area (Å²) in [6.45, 7) is 5.47. The van der Waals surface area contributed by atoms with Gasteiger partial charge in [-0.15, -0.1) is 0 Å². The first-order valence-electron chi connectivity index (χ1n) is 6.30. The lowest BCUT2D eigenvalue weighted by Gasteiger charge is -2.11. The lowest BCUT2D eigenvalue weighted by atomic mass is 10.2. The Bertz CT molecular complexity index is 232. The summed E-state index contributed by atoms with van der Waals surface area (Å²) in [6, 6.07) is 0.246. The summed E-state index contributed by atoms with van der Waals surface area (Å²) in [5.41, 5.74) is 0. The maximum atomic E-state index is 11.4. The van der Waals surface area contributed by atoms with E-state index in [4.69, 9.17) is 0 Å². The highest BCUT2D eigenvalue weighted by Gasteiger charge is 2.04. The molecule has 0 radical (unpaired) electrons. The summed E-state index contributed by atoms with van der Waals surface area (Å²) in [5, 5.41) is 8.62. The van der Waals surface area contributed by atoms with Crippen LogP contribution in [0.4, 0.5) is 0 Å². The Morgan fingerprint density at radius 3 is 2.41 bits per heavy atom. The minimum Gasteiger partial charge on any atom is -0.359 e. The molecule has 1 atom stereocenters. The maximum Gasteiger partial charge on any atom is 0.221 e.